The van der Waals surface area contributed by atoms with Crippen LogP contribution in [-0.2, 0) is 10.2 Å². The van der Waals surface area contributed by atoms with E-state index in [0.29, 0.717) is 5.92 Å². The third-order valence-corrected chi connectivity index (χ3v) is 4.42. The summed E-state index contributed by atoms with van der Waals surface area (Å²) < 4.78 is 5.44. The van der Waals surface area contributed by atoms with Crippen molar-refractivity contribution in [1.29, 1.82) is 0 Å². The molecule has 0 bridgehead atoms. The summed E-state index contributed by atoms with van der Waals surface area (Å²) in [4.78, 5) is 20.5. The number of imidazole rings is 1. The molecule has 1 atom stereocenters. The van der Waals surface area contributed by atoms with Gasteiger partial charge >= 0.3 is 6.09 Å². The quantitative estimate of drug-likeness (QED) is 0.689. The predicted molar refractivity (Wildman–Crippen MR) is 111 cm³/mol. The van der Waals surface area contributed by atoms with Gasteiger partial charge in [0.25, 0.3) is 0 Å². The van der Waals surface area contributed by atoms with Gasteiger partial charge in [0, 0.05) is 0 Å². The fraction of sp³-hybridized carbons (Fsp3) is 0.636. The molecule has 1 heterocycles. The molecular formula is C22H35N3O2. The molecule has 150 valence electrons. The highest BCUT2D eigenvalue weighted by molar-refractivity contribution is 5.76. The predicted octanol–water partition coefficient (Wildman–Crippen LogP) is 5.86. The lowest BCUT2D eigenvalue weighted by Crippen LogP contribution is -2.35. The van der Waals surface area contributed by atoms with Crippen molar-refractivity contribution in [2.24, 2.45) is 5.92 Å². The molecule has 1 amide bonds. The zero-order valence-corrected chi connectivity index (χ0v) is 18.1. The molecule has 5 nitrogen and oxygen atoms in total. The molecule has 1 aromatic heterocycles. The van der Waals surface area contributed by atoms with E-state index in [9.17, 15) is 4.79 Å². The number of aromatic amines is 1. The van der Waals surface area contributed by atoms with Crippen LogP contribution in [0.4, 0.5) is 4.79 Å². The first kappa shape index (κ1) is 21.3. The Morgan fingerprint density at radius 1 is 1.15 bits per heavy atom. The van der Waals surface area contributed by atoms with Crippen molar-refractivity contribution in [3.05, 3.63) is 29.6 Å². The molecule has 0 fully saturated rings. The summed E-state index contributed by atoms with van der Waals surface area (Å²) in [5.74, 6) is 1.33. The lowest BCUT2D eigenvalue weighted by Gasteiger charge is -2.23. The Balaban J connectivity index is 2.29. The van der Waals surface area contributed by atoms with Gasteiger partial charge in [-0.15, -0.1) is 0 Å². The van der Waals surface area contributed by atoms with Gasteiger partial charge in [-0.1, -0.05) is 40.7 Å². The normalized spacial score (nSPS) is 13.8. The van der Waals surface area contributed by atoms with Crippen LogP contribution in [0.3, 0.4) is 0 Å². The number of fused-ring (bicyclic) bond motifs is 1. The first-order valence-electron chi connectivity index (χ1n) is 9.85. The second-order valence-corrected chi connectivity index (χ2v) is 9.77. The molecule has 0 saturated heterocycles. The number of alkyl carbamates (subject to hydrolysis) is 1. The fourth-order valence-electron chi connectivity index (χ4n) is 2.89. The van der Waals surface area contributed by atoms with Crippen LogP contribution >= 0.6 is 0 Å². The minimum Gasteiger partial charge on any atom is -0.444 e. The van der Waals surface area contributed by atoms with Crippen molar-refractivity contribution in [3.8, 4) is 0 Å². The van der Waals surface area contributed by atoms with E-state index in [1.165, 1.54) is 5.56 Å². The average molecular weight is 374 g/mol. The Labute approximate surface area is 163 Å². The average Bonchev–Trinajstić information content (AvgIpc) is 2.91. The van der Waals surface area contributed by atoms with E-state index in [2.05, 4.69) is 57.1 Å². The Morgan fingerprint density at radius 3 is 2.37 bits per heavy atom. The summed E-state index contributed by atoms with van der Waals surface area (Å²) in [6.07, 6.45) is 1.39. The molecule has 2 aromatic rings. The maximum Gasteiger partial charge on any atom is 0.408 e. The van der Waals surface area contributed by atoms with Crippen molar-refractivity contribution in [1.82, 2.24) is 15.3 Å². The van der Waals surface area contributed by atoms with Crippen LogP contribution in [0.15, 0.2) is 18.2 Å². The molecule has 0 radical (unpaired) electrons. The standard InChI is InChI=1S/C22H35N3O2/c1-14(2)9-11-17(25-20(26)27-22(6,7)8)19-23-16-12-10-15(21(3,4)5)13-18(16)24-19/h10,12-14,17H,9,11H2,1-8H3,(H,23,24)(H,25,26)/t17-/m0/s1. The highest BCUT2D eigenvalue weighted by Crippen LogP contribution is 2.27. The van der Waals surface area contributed by atoms with Gasteiger partial charge < -0.3 is 15.0 Å². The Bertz CT molecular complexity index is 779. The van der Waals surface area contributed by atoms with E-state index in [4.69, 9.17) is 9.72 Å². The first-order valence-corrected chi connectivity index (χ1v) is 9.85. The Morgan fingerprint density at radius 2 is 1.81 bits per heavy atom. The Hall–Kier alpha value is -2.04. The zero-order valence-electron chi connectivity index (χ0n) is 18.1. The van der Waals surface area contributed by atoms with Gasteiger partial charge in [-0.25, -0.2) is 9.78 Å². The number of hydrogen-bond donors (Lipinski definition) is 2. The monoisotopic (exact) mass is 373 g/mol. The van der Waals surface area contributed by atoms with Crippen molar-refractivity contribution < 1.29 is 9.53 Å². The molecule has 2 N–H and O–H groups in total. The van der Waals surface area contributed by atoms with Gasteiger partial charge in [0.2, 0.25) is 0 Å². The molecule has 5 heteroatoms. The molecule has 2 rings (SSSR count). The smallest absolute Gasteiger partial charge is 0.408 e. The summed E-state index contributed by atoms with van der Waals surface area (Å²) in [7, 11) is 0. The number of benzene rings is 1. The van der Waals surface area contributed by atoms with Gasteiger partial charge in [0.15, 0.2) is 0 Å². The SMILES string of the molecule is CC(C)CC[C@H](NC(=O)OC(C)(C)C)c1nc2ccc(C(C)(C)C)cc2[nH]1. The van der Waals surface area contributed by atoms with E-state index >= 15 is 0 Å². The third-order valence-electron chi connectivity index (χ3n) is 4.42. The largest absolute Gasteiger partial charge is 0.444 e. The fourth-order valence-corrected chi connectivity index (χ4v) is 2.89. The number of nitrogens with zero attached hydrogens (tertiary/aromatic N) is 1. The number of hydrogen-bond acceptors (Lipinski definition) is 3. The van der Waals surface area contributed by atoms with E-state index in [0.717, 1.165) is 29.7 Å². The summed E-state index contributed by atoms with van der Waals surface area (Å²) in [5.41, 5.74) is 2.72. The molecule has 0 aliphatic heterocycles. The van der Waals surface area contributed by atoms with Crippen LogP contribution in [0.25, 0.3) is 11.0 Å². The number of aromatic nitrogens is 2. The third kappa shape index (κ3) is 6.26. The number of ether oxygens (including phenoxy) is 1. The molecule has 0 spiro atoms. The van der Waals surface area contributed by atoms with Gasteiger partial charge in [0.05, 0.1) is 17.1 Å². The number of H-pyrrole nitrogens is 1. The van der Waals surface area contributed by atoms with Crippen LogP contribution in [0.1, 0.15) is 85.7 Å². The van der Waals surface area contributed by atoms with Crippen LogP contribution in [-0.4, -0.2) is 21.7 Å². The topological polar surface area (TPSA) is 67.0 Å². The van der Waals surface area contributed by atoms with Gasteiger partial charge in [0.1, 0.15) is 11.4 Å². The highest BCUT2D eigenvalue weighted by Gasteiger charge is 2.23. The number of nitrogens with one attached hydrogen (secondary N) is 2. The second kappa shape index (κ2) is 7.91. The number of carbonyl (C=O) groups excluding carboxylic acids is 1. The van der Waals surface area contributed by atoms with E-state index in [1.54, 1.807) is 0 Å². The van der Waals surface area contributed by atoms with E-state index in [1.807, 2.05) is 26.8 Å². The molecular weight excluding hydrogens is 338 g/mol. The first-order chi connectivity index (χ1) is 12.3. The zero-order chi connectivity index (χ0) is 20.4. The molecule has 0 unspecified atom stereocenters. The molecule has 0 aliphatic carbocycles. The van der Waals surface area contributed by atoms with Crippen molar-refractivity contribution in [2.75, 3.05) is 0 Å². The summed E-state index contributed by atoms with van der Waals surface area (Å²) in [6.45, 7) is 16.5. The summed E-state index contributed by atoms with van der Waals surface area (Å²) in [5, 5.41) is 3.00. The van der Waals surface area contributed by atoms with Gasteiger partial charge in [-0.05, 0) is 62.6 Å². The lowest BCUT2D eigenvalue weighted by atomic mass is 9.87. The highest BCUT2D eigenvalue weighted by atomic mass is 16.6. The van der Waals surface area contributed by atoms with Crippen molar-refractivity contribution in [3.63, 3.8) is 0 Å². The van der Waals surface area contributed by atoms with Crippen molar-refractivity contribution >= 4 is 17.1 Å². The van der Waals surface area contributed by atoms with Crippen LogP contribution in [0, 0.1) is 5.92 Å². The number of amides is 1. The van der Waals surface area contributed by atoms with Gasteiger partial charge in [-0.3, -0.25) is 0 Å². The van der Waals surface area contributed by atoms with E-state index < -0.39 is 11.7 Å². The molecule has 0 saturated carbocycles. The number of carbonyl (C=O) groups is 1. The van der Waals surface area contributed by atoms with Crippen molar-refractivity contribution in [2.45, 2.75) is 85.3 Å². The lowest BCUT2D eigenvalue weighted by molar-refractivity contribution is 0.0497. The van der Waals surface area contributed by atoms with Crippen LogP contribution < -0.4 is 5.32 Å². The molecule has 27 heavy (non-hydrogen) atoms. The van der Waals surface area contributed by atoms with Crippen LogP contribution in [0.5, 0.6) is 0 Å². The van der Waals surface area contributed by atoms with Gasteiger partial charge in [-0.2, -0.15) is 0 Å². The maximum atomic E-state index is 12.3. The minimum absolute atomic E-state index is 0.0747. The second-order valence-electron chi connectivity index (χ2n) is 9.77. The molecule has 1 aromatic carbocycles. The minimum atomic E-state index is -0.526. The van der Waals surface area contributed by atoms with Crippen LogP contribution in [0.2, 0.25) is 0 Å². The summed E-state index contributed by atoms with van der Waals surface area (Å²) in [6, 6.07) is 6.12. The molecule has 0 aliphatic rings. The summed E-state index contributed by atoms with van der Waals surface area (Å²) >= 11 is 0. The number of rotatable bonds is 5. The van der Waals surface area contributed by atoms with E-state index in [-0.39, 0.29) is 11.5 Å². The Kier molecular flexibility index (Phi) is 6.23. The maximum absolute atomic E-state index is 12.3.